The van der Waals surface area contributed by atoms with E-state index in [0.717, 1.165) is 5.69 Å². The predicted octanol–water partition coefficient (Wildman–Crippen LogP) is 2.41. The number of nitrogens with zero attached hydrogens (tertiary/aromatic N) is 4. The highest BCUT2D eigenvalue weighted by Crippen LogP contribution is 2.24. The Labute approximate surface area is 115 Å². The number of rotatable bonds is 3. The molecule has 0 fully saturated rings. The molecule has 0 spiro atoms. The Kier molecular flexibility index (Phi) is 2.94. The van der Waals surface area contributed by atoms with Gasteiger partial charge in [0.05, 0.1) is 0 Å². The van der Waals surface area contributed by atoms with Crippen molar-refractivity contribution < 1.29 is 4.63 Å². The predicted molar refractivity (Wildman–Crippen MR) is 76.1 cm³/mol. The maximum absolute atomic E-state index is 4.62. The monoisotopic (exact) mass is 270 g/mol. The molecule has 0 aliphatic heterocycles. The maximum atomic E-state index is 4.62. The van der Waals surface area contributed by atoms with E-state index in [-0.39, 0.29) is 0 Å². The van der Waals surface area contributed by atoms with Crippen LogP contribution >= 0.6 is 0 Å². The first kappa shape index (κ1) is 12.3. The Morgan fingerprint density at radius 1 is 0.950 bits per heavy atom. The average molecular weight is 270 g/mol. The summed E-state index contributed by atoms with van der Waals surface area (Å²) in [5, 5.41) is 13.6. The summed E-state index contributed by atoms with van der Waals surface area (Å²) in [5.41, 5.74) is 4.13. The third kappa shape index (κ3) is 2.13. The van der Waals surface area contributed by atoms with Gasteiger partial charge in [-0.05, 0) is 47.4 Å². The van der Waals surface area contributed by atoms with Crippen molar-refractivity contribution in [3.8, 4) is 0 Å². The molecule has 0 aliphatic carbocycles. The van der Waals surface area contributed by atoms with Gasteiger partial charge in [0.2, 0.25) is 11.3 Å². The molecule has 102 valence electrons. The Morgan fingerprint density at radius 3 is 2.30 bits per heavy atom. The van der Waals surface area contributed by atoms with Crippen LogP contribution in [0.5, 0.6) is 0 Å². The number of aromatic nitrogens is 4. The number of aryl methyl sites for hydroxylation is 2. The van der Waals surface area contributed by atoms with Crippen molar-refractivity contribution in [2.75, 3.05) is 17.7 Å². The smallest absolute Gasteiger partial charge is 0.245 e. The molecule has 0 atom stereocenters. The van der Waals surface area contributed by atoms with Crippen LogP contribution in [0.3, 0.4) is 0 Å². The van der Waals surface area contributed by atoms with E-state index in [9.17, 15) is 0 Å². The molecule has 3 aromatic rings. The van der Waals surface area contributed by atoms with Crippen molar-refractivity contribution in [2.24, 2.45) is 0 Å². The van der Waals surface area contributed by atoms with Crippen molar-refractivity contribution in [1.82, 2.24) is 20.3 Å². The van der Waals surface area contributed by atoms with Crippen LogP contribution in [0.4, 0.5) is 17.3 Å². The van der Waals surface area contributed by atoms with Crippen LogP contribution in [-0.4, -0.2) is 27.3 Å². The van der Waals surface area contributed by atoms with E-state index in [1.807, 2.05) is 6.07 Å². The second-order valence-electron chi connectivity index (χ2n) is 4.51. The van der Waals surface area contributed by atoms with Crippen LogP contribution in [-0.2, 0) is 0 Å². The SMILES string of the molecule is CNc1nc2nonc2nc1Nc1ccc(C)c(C)c1. The molecular weight excluding hydrogens is 256 g/mol. The third-order valence-electron chi connectivity index (χ3n) is 3.12. The summed E-state index contributed by atoms with van der Waals surface area (Å²) in [7, 11) is 1.77. The molecule has 0 amide bonds. The summed E-state index contributed by atoms with van der Waals surface area (Å²) >= 11 is 0. The third-order valence-corrected chi connectivity index (χ3v) is 3.12. The van der Waals surface area contributed by atoms with Crippen molar-refractivity contribution in [3.63, 3.8) is 0 Å². The fourth-order valence-electron chi connectivity index (χ4n) is 1.86. The lowest BCUT2D eigenvalue weighted by Gasteiger charge is -2.10. The summed E-state index contributed by atoms with van der Waals surface area (Å²) in [4.78, 5) is 8.64. The molecule has 0 unspecified atom stereocenters. The molecule has 7 heteroatoms. The van der Waals surface area contributed by atoms with Gasteiger partial charge in [0.1, 0.15) is 0 Å². The second kappa shape index (κ2) is 4.76. The number of hydrogen-bond acceptors (Lipinski definition) is 7. The van der Waals surface area contributed by atoms with Gasteiger partial charge in [-0.1, -0.05) is 6.07 Å². The zero-order valence-corrected chi connectivity index (χ0v) is 11.4. The molecule has 2 N–H and O–H groups in total. The molecule has 7 nitrogen and oxygen atoms in total. The van der Waals surface area contributed by atoms with Crippen LogP contribution in [0, 0.1) is 13.8 Å². The van der Waals surface area contributed by atoms with Crippen LogP contribution < -0.4 is 10.6 Å². The molecular formula is C13H14N6O. The highest BCUT2D eigenvalue weighted by molar-refractivity contribution is 5.76. The highest BCUT2D eigenvalue weighted by Gasteiger charge is 2.11. The fourth-order valence-corrected chi connectivity index (χ4v) is 1.86. The van der Waals surface area contributed by atoms with Crippen molar-refractivity contribution in [3.05, 3.63) is 29.3 Å². The first-order valence-corrected chi connectivity index (χ1v) is 6.19. The Morgan fingerprint density at radius 2 is 1.65 bits per heavy atom. The van der Waals surface area contributed by atoms with Crippen molar-refractivity contribution >= 4 is 28.6 Å². The number of anilines is 3. The first-order valence-electron chi connectivity index (χ1n) is 6.19. The zero-order valence-electron chi connectivity index (χ0n) is 11.4. The minimum Gasteiger partial charge on any atom is -0.370 e. The maximum Gasteiger partial charge on any atom is 0.245 e. The number of fused-ring (bicyclic) bond motifs is 1. The molecule has 3 rings (SSSR count). The molecule has 0 aliphatic rings. The van der Waals surface area contributed by atoms with Crippen molar-refractivity contribution in [1.29, 1.82) is 0 Å². The molecule has 2 aromatic heterocycles. The minimum atomic E-state index is 0.371. The van der Waals surface area contributed by atoms with Gasteiger partial charge in [0.25, 0.3) is 0 Å². The number of benzene rings is 1. The van der Waals surface area contributed by atoms with Gasteiger partial charge in [-0.2, -0.15) is 0 Å². The van der Waals surface area contributed by atoms with Crippen LogP contribution in [0.15, 0.2) is 22.8 Å². The van der Waals surface area contributed by atoms with Crippen LogP contribution in [0.1, 0.15) is 11.1 Å². The van der Waals surface area contributed by atoms with Gasteiger partial charge >= 0.3 is 0 Å². The minimum absolute atomic E-state index is 0.371. The quantitative estimate of drug-likeness (QED) is 0.755. The molecule has 2 heterocycles. The van der Waals surface area contributed by atoms with E-state index >= 15 is 0 Å². The van der Waals surface area contributed by atoms with E-state index in [4.69, 9.17) is 0 Å². The molecule has 0 saturated carbocycles. The van der Waals surface area contributed by atoms with Gasteiger partial charge in [0, 0.05) is 12.7 Å². The summed E-state index contributed by atoms with van der Waals surface area (Å²) in [6.07, 6.45) is 0. The Bertz CT molecular complexity index is 767. The summed E-state index contributed by atoms with van der Waals surface area (Å²) in [6.45, 7) is 4.14. The summed E-state index contributed by atoms with van der Waals surface area (Å²) < 4.78 is 4.62. The van der Waals surface area contributed by atoms with E-state index < -0.39 is 0 Å². The van der Waals surface area contributed by atoms with E-state index in [2.05, 4.69) is 61.5 Å². The zero-order chi connectivity index (χ0) is 14.1. The van der Waals surface area contributed by atoms with Crippen LogP contribution in [0.2, 0.25) is 0 Å². The highest BCUT2D eigenvalue weighted by atomic mass is 16.6. The van der Waals surface area contributed by atoms with Gasteiger partial charge < -0.3 is 10.6 Å². The van der Waals surface area contributed by atoms with E-state index in [0.29, 0.717) is 22.9 Å². The number of nitrogens with one attached hydrogen (secondary N) is 2. The van der Waals surface area contributed by atoms with Gasteiger partial charge in [-0.15, -0.1) is 0 Å². The number of hydrogen-bond donors (Lipinski definition) is 2. The molecule has 0 saturated heterocycles. The lowest BCUT2D eigenvalue weighted by atomic mass is 10.1. The standard InChI is InChI=1S/C13H14N6O/c1-7-4-5-9(6-8(7)2)15-11-10(14-3)16-12-13(17-11)19-20-18-12/h4-6H,1-3H3,(H,14,16,18)(H,15,17,19). The van der Waals surface area contributed by atoms with Gasteiger partial charge in [0.15, 0.2) is 11.6 Å². The molecule has 0 radical (unpaired) electrons. The van der Waals surface area contributed by atoms with E-state index in [1.54, 1.807) is 7.05 Å². The molecule has 20 heavy (non-hydrogen) atoms. The second-order valence-corrected chi connectivity index (χ2v) is 4.51. The Balaban J connectivity index is 2.01. The first-order chi connectivity index (χ1) is 9.67. The lowest BCUT2D eigenvalue weighted by molar-refractivity contribution is 0.314. The van der Waals surface area contributed by atoms with Gasteiger partial charge in [-0.3, -0.25) is 0 Å². The molecule has 1 aromatic carbocycles. The summed E-state index contributed by atoms with van der Waals surface area (Å²) in [6, 6.07) is 6.11. The largest absolute Gasteiger partial charge is 0.370 e. The Hall–Kier alpha value is -2.70. The van der Waals surface area contributed by atoms with Gasteiger partial charge in [-0.25, -0.2) is 14.6 Å². The fraction of sp³-hybridized carbons (Fsp3) is 0.231. The van der Waals surface area contributed by atoms with Crippen molar-refractivity contribution in [2.45, 2.75) is 13.8 Å². The van der Waals surface area contributed by atoms with E-state index in [1.165, 1.54) is 11.1 Å². The molecule has 0 bridgehead atoms. The van der Waals surface area contributed by atoms with Crippen LogP contribution in [0.25, 0.3) is 11.3 Å². The average Bonchev–Trinajstić information content (AvgIpc) is 2.89. The summed E-state index contributed by atoms with van der Waals surface area (Å²) in [5.74, 6) is 1.17. The topological polar surface area (TPSA) is 88.8 Å². The lowest BCUT2D eigenvalue weighted by Crippen LogP contribution is -2.03. The normalized spacial score (nSPS) is 10.8.